The van der Waals surface area contributed by atoms with Crippen molar-refractivity contribution < 1.29 is 0 Å². The summed E-state index contributed by atoms with van der Waals surface area (Å²) in [6.45, 7) is 4.43. The largest absolute Gasteiger partial charge is 0.328 e. The maximum Gasteiger partial charge on any atom is 0.00388 e. The van der Waals surface area contributed by atoms with Gasteiger partial charge < -0.3 is 5.73 Å². The molecule has 0 aliphatic heterocycles. The van der Waals surface area contributed by atoms with Gasteiger partial charge in [0.2, 0.25) is 0 Å². The molecule has 70 valence electrons. The average molecular weight is 180 g/mol. The number of halogens is 1. The molecule has 0 atom stereocenters. The summed E-state index contributed by atoms with van der Waals surface area (Å²) in [6, 6.07) is 0.472. The van der Waals surface area contributed by atoms with Crippen LogP contribution >= 0.6 is 12.4 Å². The fourth-order valence-corrected chi connectivity index (χ4v) is 1.08. The van der Waals surface area contributed by atoms with E-state index in [4.69, 9.17) is 5.73 Å². The normalized spacial score (nSPS) is 9.82. The number of rotatable bonds is 6. The SMILES string of the molecule is CCCCC(N)CCCC.Cl. The number of nitrogens with two attached hydrogens (primary N) is 1. The molecule has 0 amide bonds. The lowest BCUT2D eigenvalue weighted by atomic mass is 10.1. The monoisotopic (exact) mass is 179 g/mol. The van der Waals surface area contributed by atoms with Crippen molar-refractivity contribution in [2.24, 2.45) is 5.73 Å². The first-order valence-electron chi connectivity index (χ1n) is 4.56. The third-order valence-corrected chi connectivity index (χ3v) is 1.86. The van der Waals surface area contributed by atoms with Gasteiger partial charge in [0.15, 0.2) is 0 Å². The molecular weight excluding hydrogens is 158 g/mol. The minimum absolute atomic E-state index is 0. The topological polar surface area (TPSA) is 26.0 Å². The molecule has 0 saturated carbocycles. The van der Waals surface area contributed by atoms with Crippen LogP contribution in [0.1, 0.15) is 52.4 Å². The standard InChI is InChI=1S/C9H21N.ClH/c1-3-5-7-9(10)8-6-4-2;/h9H,3-8,10H2,1-2H3;1H. The van der Waals surface area contributed by atoms with Crippen molar-refractivity contribution in [3.8, 4) is 0 Å². The van der Waals surface area contributed by atoms with Gasteiger partial charge in [0.05, 0.1) is 0 Å². The van der Waals surface area contributed by atoms with Gasteiger partial charge in [-0.1, -0.05) is 39.5 Å². The fraction of sp³-hybridized carbons (Fsp3) is 1.00. The maximum absolute atomic E-state index is 5.85. The highest BCUT2D eigenvalue weighted by molar-refractivity contribution is 5.85. The van der Waals surface area contributed by atoms with Crippen molar-refractivity contribution in [1.82, 2.24) is 0 Å². The highest BCUT2D eigenvalue weighted by Gasteiger charge is 1.99. The van der Waals surface area contributed by atoms with Gasteiger partial charge in [-0.2, -0.15) is 0 Å². The van der Waals surface area contributed by atoms with Crippen molar-refractivity contribution in [3.05, 3.63) is 0 Å². The molecular formula is C9H22ClN. The van der Waals surface area contributed by atoms with Crippen LogP contribution in [0.25, 0.3) is 0 Å². The van der Waals surface area contributed by atoms with E-state index in [0.717, 1.165) is 0 Å². The third-order valence-electron chi connectivity index (χ3n) is 1.86. The van der Waals surface area contributed by atoms with Gasteiger partial charge in [-0.25, -0.2) is 0 Å². The quantitative estimate of drug-likeness (QED) is 0.667. The van der Waals surface area contributed by atoms with E-state index in [1.54, 1.807) is 0 Å². The minimum atomic E-state index is 0. The van der Waals surface area contributed by atoms with Gasteiger partial charge >= 0.3 is 0 Å². The van der Waals surface area contributed by atoms with E-state index in [1.807, 2.05) is 0 Å². The van der Waals surface area contributed by atoms with E-state index in [9.17, 15) is 0 Å². The molecule has 0 aromatic rings. The molecule has 2 N–H and O–H groups in total. The number of unbranched alkanes of at least 4 members (excludes halogenated alkanes) is 2. The molecule has 0 aromatic heterocycles. The lowest BCUT2D eigenvalue weighted by molar-refractivity contribution is 0.520. The zero-order chi connectivity index (χ0) is 7.82. The first-order chi connectivity index (χ1) is 4.81. The van der Waals surface area contributed by atoms with E-state index >= 15 is 0 Å². The molecule has 0 radical (unpaired) electrons. The summed E-state index contributed by atoms with van der Waals surface area (Å²) in [5.74, 6) is 0. The Labute approximate surface area is 77.2 Å². The van der Waals surface area contributed by atoms with Gasteiger partial charge in [0, 0.05) is 6.04 Å². The molecule has 0 unspecified atom stereocenters. The van der Waals surface area contributed by atoms with Crippen LogP contribution in [-0.2, 0) is 0 Å². The summed E-state index contributed by atoms with van der Waals surface area (Å²) in [6.07, 6.45) is 7.59. The molecule has 1 nitrogen and oxygen atoms in total. The first kappa shape index (κ1) is 13.8. The molecule has 11 heavy (non-hydrogen) atoms. The van der Waals surface area contributed by atoms with Crippen LogP contribution in [0.2, 0.25) is 0 Å². The zero-order valence-corrected chi connectivity index (χ0v) is 8.62. The molecule has 0 saturated heterocycles. The van der Waals surface area contributed by atoms with Crippen molar-refractivity contribution >= 4 is 12.4 Å². The Morgan fingerprint density at radius 1 is 1.00 bits per heavy atom. The van der Waals surface area contributed by atoms with Crippen LogP contribution in [0.15, 0.2) is 0 Å². The number of hydrogen-bond acceptors (Lipinski definition) is 1. The van der Waals surface area contributed by atoms with Crippen molar-refractivity contribution in [3.63, 3.8) is 0 Å². The summed E-state index contributed by atoms with van der Waals surface area (Å²) < 4.78 is 0. The third kappa shape index (κ3) is 10.2. The van der Waals surface area contributed by atoms with Crippen LogP contribution in [0.5, 0.6) is 0 Å². The van der Waals surface area contributed by atoms with Crippen molar-refractivity contribution in [1.29, 1.82) is 0 Å². The molecule has 2 heteroatoms. The molecule has 0 fully saturated rings. The molecule has 0 rings (SSSR count). The van der Waals surface area contributed by atoms with E-state index in [1.165, 1.54) is 38.5 Å². The van der Waals surface area contributed by atoms with Crippen LogP contribution in [0.4, 0.5) is 0 Å². The summed E-state index contributed by atoms with van der Waals surface area (Å²) in [5.41, 5.74) is 5.85. The smallest absolute Gasteiger partial charge is 0.00388 e. The summed E-state index contributed by atoms with van der Waals surface area (Å²) in [7, 11) is 0. The van der Waals surface area contributed by atoms with E-state index in [2.05, 4.69) is 13.8 Å². The fourth-order valence-electron chi connectivity index (χ4n) is 1.08. The van der Waals surface area contributed by atoms with Gasteiger partial charge in [-0.15, -0.1) is 12.4 Å². The molecule has 0 heterocycles. The minimum Gasteiger partial charge on any atom is -0.328 e. The van der Waals surface area contributed by atoms with Crippen LogP contribution in [-0.4, -0.2) is 6.04 Å². The highest BCUT2D eigenvalue weighted by Crippen LogP contribution is 2.05. The van der Waals surface area contributed by atoms with Crippen LogP contribution in [0, 0.1) is 0 Å². The molecule has 0 aromatic carbocycles. The summed E-state index contributed by atoms with van der Waals surface area (Å²) >= 11 is 0. The Bertz CT molecular complexity index is 58.6. The second-order valence-electron chi connectivity index (χ2n) is 3.04. The van der Waals surface area contributed by atoms with Crippen LogP contribution < -0.4 is 5.73 Å². The second kappa shape index (κ2) is 10.2. The Morgan fingerprint density at radius 2 is 1.36 bits per heavy atom. The Balaban J connectivity index is 0. The van der Waals surface area contributed by atoms with E-state index < -0.39 is 0 Å². The van der Waals surface area contributed by atoms with Gasteiger partial charge in [0.1, 0.15) is 0 Å². The zero-order valence-electron chi connectivity index (χ0n) is 7.81. The lowest BCUT2D eigenvalue weighted by Gasteiger charge is -2.08. The maximum atomic E-state index is 5.85. The van der Waals surface area contributed by atoms with Gasteiger partial charge in [0.25, 0.3) is 0 Å². The molecule has 0 spiro atoms. The average Bonchev–Trinajstić information content (AvgIpc) is 1.97. The Kier molecular flexibility index (Phi) is 12.9. The van der Waals surface area contributed by atoms with Gasteiger partial charge in [-0.05, 0) is 12.8 Å². The summed E-state index contributed by atoms with van der Waals surface area (Å²) in [4.78, 5) is 0. The van der Waals surface area contributed by atoms with Crippen molar-refractivity contribution in [2.75, 3.05) is 0 Å². The molecule has 0 aliphatic rings. The number of hydrogen-bond donors (Lipinski definition) is 1. The lowest BCUT2D eigenvalue weighted by Crippen LogP contribution is -2.19. The first-order valence-corrected chi connectivity index (χ1v) is 4.56. The van der Waals surface area contributed by atoms with Crippen LogP contribution in [0.3, 0.4) is 0 Å². The highest BCUT2D eigenvalue weighted by atomic mass is 35.5. The van der Waals surface area contributed by atoms with E-state index in [0.29, 0.717) is 6.04 Å². The molecule has 0 aliphatic carbocycles. The molecule has 0 bridgehead atoms. The predicted molar refractivity (Wildman–Crippen MR) is 54.3 cm³/mol. The second-order valence-corrected chi connectivity index (χ2v) is 3.04. The Morgan fingerprint density at radius 3 is 1.64 bits per heavy atom. The summed E-state index contributed by atoms with van der Waals surface area (Å²) in [5, 5.41) is 0. The van der Waals surface area contributed by atoms with Crippen molar-refractivity contribution in [2.45, 2.75) is 58.4 Å². The van der Waals surface area contributed by atoms with E-state index in [-0.39, 0.29) is 12.4 Å². The Hall–Kier alpha value is 0.250. The van der Waals surface area contributed by atoms with Gasteiger partial charge in [-0.3, -0.25) is 0 Å². The predicted octanol–water partition coefficient (Wildman–Crippen LogP) is 3.12.